The Kier molecular flexibility index (Phi) is 3.82. The number of halogens is 3. The minimum atomic E-state index is -4.22. The highest BCUT2D eigenvalue weighted by Crippen LogP contribution is 2.24. The van der Waals surface area contributed by atoms with Crippen molar-refractivity contribution in [3.05, 3.63) is 53.3 Å². The predicted octanol–water partition coefficient (Wildman–Crippen LogP) is 2.80. The maximum absolute atomic E-state index is 13.5. The normalized spacial score (nSPS) is 11.4. The van der Waals surface area contributed by atoms with Crippen LogP contribution in [0.2, 0.25) is 0 Å². The van der Waals surface area contributed by atoms with Crippen LogP contribution >= 0.6 is 0 Å². The van der Waals surface area contributed by atoms with Gasteiger partial charge >= 0.3 is 0 Å². The lowest BCUT2D eigenvalue weighted by atomic mass is 10.2. The van der Waals surface area contributed by atoms with Gasteiger partial charge in [-0.15, -0.1) is 0 Å². The van der Waals surface area contributed by atoms with Crippen LogP contribution in [0.1, 0.15) is 5.56 Å². The fourth-order valence-corrected chi connectivity index (χ4v) is 2.81. The summed E-state index contributed by atoms with van der Waals surface area (Å²) in [4.78, 5) is -0.211. The van der Waals surface area contributed by atoms with E-state index in [9.17, 15) is 21.6 Å². The fourth-order valence-electron chi connectivity index (χ4n) is 1.65. The maximum atomic E-state index is 13.5. The predicted molar refractivity (Wildman–Crippen MR) is 72.7 cm³/mol. The molecule has 3 N–H and O–H groups in total. The van der Waals surface area contributed by atoms with E-state index in [4.69, 9.17) is 5.73 Å². The average Bonchev–Trinajstić information content (AvgIpc) is 2.37. The summed E-state index contributed by atoms with van der Waals surface area (Å²) in [5.41, 5.74) is 5.51. The first-order chi connectivity index (χ1) is 9.70. The van der Waals surface area contributed by atoms with Gasteiger partial charge in [0, 0.05) is 17.8 Å². The molecule has 0 aliphatic heterocycles. The van der Waals surface area contributed by atoms with Crippen LogP contribution in [-0.4, -0.2) is 8.42 Å². The van der Waals surface area contributed by atoms with Crippen molar-refractivity contribution in [2.45, 2.75) is 11.8 Å². The molecule has 21 heavy (non-hydrogen) atoms. The summed E-state index contributed by atoms with van der Waals surface area (Å²) < 4.78 is 65.6. The second-order valence-corrected chi connectivity index (χ2v) is 6.05. The molecule has 8 heteroatoms. The third kappa shape index (κ3) is 3.10. The van der Waals surface area contributed by atoms with Crippen molar-refractivity contribution in [2.75, 3.05) is 10.5 Å². The first kappa shape index (κ1) is 15.2. The van der Waals surface area contributed by atoms with Gasteiger partial charge in [-0.2, -0.15) is 0 Å². The van der Waals surface area contributed by atoms with Gasteiger partial charge in [-0.05, 0) is 30.7 Å². The van der Waals surface area contributed by atoms with E-state index in [1.807, 2.05) is 0 Å². The quantitative estimate of drug-likeness (QED) is 0.855. The van der Waals surface area contributed by atoms with Gasteiger partial charge in [0.2, 0.25) is 0 Å². The Balaban J connectivity index is 2.44. The molecule has 2 aromatic carbocycles. The zero-order chi connectivity index (χ0) is 15.8. The van der Waals surface area contributed by atoms with Crippen molar-refractivity contribution in [3.8, 4) is 0 Å². The zero-order valence-corrected chi connectivity index (χ0v) is 11.6. The molecule has 0 radical (unpaired) electrons. The summed E-state index contributed by atoms with van der Waals surface area (Å²) in [6, 6.07) is 4.59. The van der Waals surface area contributed by atoms with Gasteiger partial charge < -0.3 is 5.73 Å². The monoisotopic (exact) mass is 316 g/mol. The molecule has 112 valence electrons. The van der Waals surface area contributed by atoms with Crippen molar-refractivity contribution < 1.29 is 21.6 Å². The van der Waals surface area contributed by atoms with E-state index in [0.29, 0.717) is 23.4 Å². The number of anilines is 2. The molecule has 0 spiro atoms. The van der Waals surface area contributed by atoms with Crippen LogP contribution in [0.3, 0.4) is 0 Å². The third-order valence-corrected chi connectivity index (χ3v) is 4.14. The molecule has 4 nitrogen and oxygen atoms in total. The van der Waals surface area contributed by atoms with Gasteiger partial charge in [-0.3, -0.25) is 4.72 Å². The summed E-state index contributed by atoms with van der Waals surface area (Å²) in [6.45, 7) is 1.59. The van der Waals surface area contributed by atoms with Crippen LogP contribution in [0, 0.1) is 24.4 Å². The number of nitrogen functional groups attached to an aromatic ring is 1. The molecule has 0 atom stereocenters. The zero-order valence-electron chi connectivity index (χ0n) is 10.8. The number of rotatable bonds is 3. The largest absolute Gasteiger partial charge is 0.399 e. The van der Waals surface area contributed by atoms with Gasteiger partial charge in [-0.1, -0.05) is 0 Å². The number of aryl methyl sites for hydroxylation is 1. The molecule has 0 saturated carbocycles. The second kappa shape index (κ2) is 5.28. The minimum absolute atomic E-state index is 0.211. The summed E-state index contributed by atoms with van der Waals surface area (Å²) in [5.74, 6) is -3.83. The van der Waals surface area contributed by atoms with Crippen molar-refractivity contribution >= 4 is 21.4 Å². The SMILES string of the molecule is Cc1cc(S(=O)(=O)Nc2c(F)cc(F)cc2F)ccc1N. The highest BCUT2D eigenvalue weighted by atomic mass is 32.2. The van der Waals surface area contributed by atoms with Crippen LogP contribution in [-0.2, 0) is 10.0 Å². The Morgan fingerprint density at radius 2 is 1.62 bits per heavy atom. The molecule has 0 unspecified atom stereocenters. The van der Waals surface area contributed by atoms with E-state index < -0.39 is 33.2 Å². The third-order valence-electron chi connectivity index (χ3n) is 2.79. The summed E-state index contributed by atoms with van der Waals surface area (Å²) in [5, 5.41) is 0. The van der Waals surface area contributed by atoms with Crippen molar-refractivity contribution in [3.63, 3.8) is 0 Å². The smallest absolute Gasteiger partial charge is 0.262 e. The van der Waals surface area contributed by atoms with E-state index >= 15 is 0 Å². The van der Waals surface area contributed by atoms with E-state index in [0.717, 1.165) is 0 Å². The standard InChI is InChI=1S/C13H11F3N2O2S/c1-7-4-9(2-3-12(7)17)21(19,20)18-13-10(15)5-8(14)6-11(13)16/h2-6,18H,17H2,1H3. The van der Waals surface area contributed by atoms with Crippen molar-refractivity contribution in [1.29, 1.82) is 0 Å². The molecule has 0 bridgehead atoms. The fraction of sp³-hybridized carbons (Fsp3) is 0.0769. The van der Waals surface area contributed by atoms with Crippen LogP contribution < -0.4 is 10.5 Å². The second-order valence-electron chi connectivity index (χ2n) is 4.37. The summed E-state index contributed by atoms with van der Waals surface area (Å²) in [6.07, 6.45) is 0. The lowest BCUT2D eigenvalue weighted by Gasteiger charge is -2.11. The molecule has 0 amide bonds. The Bertz CT molecular complexity index is 784. The van der Waals surface area contributed by atoms with Crippen LogP contribution in [0.15, 0.2) is 35.2 Å². The first-order valence-corrected chi connectivity index (χ1v) is 7.22. The topological polar surface area (TPSA) is 72.2 Å². The molecule has 0 saturated heterocycles. The number of hydrogen-bond donors (Lipinski definition) is 2. The lowest BCUT2D eigenvalue weighted by molar-refractivity contribution is 0.547. The first-order valence-electron chi connectivity index (χ1n) is 5.74. The molecule has 0 aliphatic rings. The molecular formula is C13H11F3N2O2S. The maximum Gasteiger partial charge on any atom is 0.262 e. The van der Waals surface area contributed by atoms with Crippen LogP contribution in [0.25, 0.3) is 0 Å². The highest BCUT2D eigenvalue weighted by Gasteiger charge is 2.20. The lowest BCUT2D eigenvalue weighted by Crippen LogP contribution is -2.15. The summed E-state index contributed by atoms with van der Waals surface area (Å²) in [7, 11) is -4.22. The molecule has 2 aromatic rings. The van der Waals surface area contributed by atoms with Gasteiger partial charge in [0.15, 0.2) is 11.6 Å². The molecular weight excluding hydrogens is 305 g/mol. The number of sulfonamides is 1. The average molecular weight is 316 g/mol. The molecule has 2 rings (SSSR count). The Morgan fingerprint density at radius 3 is 2.14 bits per heavy atom. The molecule has 0 heterocycles. The van der Waals surface area contributed by atoms with Gasteiger partial charge in [0.05, 0.1) is 4.90 Å². The number of benzene rings is 2. The highest BCUT2D eigenvalue weighted by molar-refractivity contribution is 7.92. The van der Waals surface area contributed by atoms with Crippen LogP contribution in [0.4, 0.5) is 24.5 Å². The van der Waals surface area contributed by atoms with E-state index in [-0.39, 0.29) is 4.90 Å². The Hall–Kier alpha value is -2.22. The molecule has 0 fully saturated rings. The van der Waals surface area contributed by atoms with Crippen molar-refractivity contribution in [2.24, 2.45) is 0 Å². The van der Waals surface area contributed by atoms with Crippen LogP contribution in [0.5, 0.6) is 0 Å². The Labute approximate surface area is 119 Å². The Morgan fingerprint density at radius 1 is 1.05 bits per heavy atom. The summed E-state index contributed by atoms with van der Waals surface area (Å²) >= 11 is 0. The van der Waals surface area contributed by atoms with Gasteiger partial charge in [-0.25, -0.2) is 21.6 Å². The number of nitrogens with one attached hydrogen (secondary N) is 1. The number of nitrogens with two attached hydrogens (primary N) is 1. The van der Waals surface area contributed by atoms with Crippen molar-refractivity contribution in [1.82, 2.24) is 0 Å². The van der Waals surface area contributed by atoms with E-state index in [2.05, 4.69) is 0 Å². The number of hydrogen-bond acceptors (Lipinski definition) is 3. The minimum Gasteiger partial charge on any atom is -0.399 e. The molecule has 0 aromatic heterocycles. The van der Waals surface area contributed by atoms with E-state index in [1.165, 1.54) is 18.2 Å². The van der Waals surface area contributed by atoms with E-state index in [1.54, 1.807) is 11.6 Å². The van der Waals surface area contributed by atoms with Gasteiger partial charge in [0.1, 0.15) is 11.5 Å². The molecule has 0 aliphatic carbocycles. The van der Waals surface area contributed by atoms with Gasteiger partial charge in [0.25, 0.3) is 10.0 Å².